The first-order valence-corrected chi connectivity index (χ1v) is 10.0. The summed E-state index contributed by atoms with van der Waals surface area (Å²) in [6.07, 6.45) is 9.94. The van der Waals surface area contributed by atoms with Gasteiger partial charge in [0.1, 0.15) is 0 Å². The van der Waals surface area contributed by atoms with Crippen molar-refractivity contribution in [3.63, 3.8) is 0 Å². The largest absolute Gasteiger partial charge is 0.336 e. The van der Waals surface area contributed by atoms with E-state index in [0.29, 0.717) is 0 Å². The molecule has 0 bridgehead atoms. The molecule has 1 fully saturated rings. The minimum Gasteiger partial charge on any atom is -0.336 e. The van der Waals surface area contributed by atoms with Crippen LogP contribution in [-0.4, -0.2) is 43.0 Å². The number of nitrogens with zero attached hydrogens (tertiary/aromatic N) is 5. The molecule has 0 aliphatic carbocycles. The number of likely N-dealkylation sites (tertiary alicyclic amines) is 1. The van der Waals surface area contributed by atoms with Crippen LogP contribution >= 0.6 is 0 Å². The van der Waals surface area contributed by atoms with Crippen molar-refractivity contribution in [1.82, 2.24) is 24.5 Å². The molecule has 4 rings (SSSR count). The summed E-state index contributed by atoms with van der Waals surface area (Å²) in [5.41, 5.74) is 4.08. The van der Waals surface area contributed by atoms with Gasteiger partial charge in [-0.15, -0.1) is 0 Å². The number of carbonyl (C=O) groups is 1. The summed E-state index contributed by atoms with van der Waals surface area (Å²) in [4.78, 5) is 15.2. The standard InChI is InChI=1S/C22H27N5O/c1-17-21(16-24-25(17)2)18-7-9-19(10-8-18)22(28)27-14-4-3-6-20(27)11-15-26-13-5-12-23-26/h5,7-10,12-13,16,20H,3-4,6,11,14-15H2,1-2H3/t20-/m1/s1. The first-order chi connectivity index (χ1) is 13.6. The van der Waals surface area contributed by atoms with E-state index in [-0.39, 0.29) is 11.9 Å². The maximum atomic E-state index is 13.2. The van der Waals surface area contributed by atoms with Crippen LogP contribution in [0.25, 0.3) is 11.1 Å². The van der Waals surface area contributed by atoms with Gasteiger partial charge in [-0.1, -0.05) is 12.1 Å². The number of benzene rings is 1. The molecular weight excluding hydrogens is 350 g/mol. The van der Waals surface area contributed by atoms with E-state index in [1.165, 1.54) is 6.42 Å². The number of aromatic nitrogens is 4. The van der Waals surface area contributed by atoms with E-state index in [1.54, 1.807) is 6.20 Å². The summed E-state index contributed by atoms with van der Waals surface area (Å²) in [7, 11) is 1.94. The maximum absolute atomic E-state index is 13.2. The Morgan fingerprint density at radius 2 is 2.00 bits per heavy atom. The quantitative estimate of drug-likeness (QED) is 0.682. The minimum absolute atomic E-state index is 0.139. The lowest BCUT2D eigenvalue weighted by Crippen LogP contribution is -2.44. The molecule has 1 aliphatic heterocycles. The van der Waals surface area contributed by atoms with Gasteiger partial charge in [0.25, 0.3) is 5.91 Å². The Labute approximate surface area is 165 Å². The van der Waals surface area contributed by atoms with Crippen LogP contribution in [0.3, 0.4) is 0 Å². The molecule has 1 amide bonds. The molecule has 0 radical (unpaired) electrons. The summed E-state index contributed by atoms with van der Waals surface area (Å²) in [5, 5.41) is 8.59. The smallest absolute Gasteiger partial charge is 0.254 e. The summed E-state index contributed by atoms with van der Waals surface area (Å²) in [6, 6.07) is 10.2. The zero-order valence-electron chi connectivity index (χ0n) is 16.6. The van der Waals surface area contributed by atoms with Crippen LogP contribution in [-0.2, 0) is 13.6 Å². The molecule has 28 heavy (non-hydrogen) atoms. The molecule has 1 atom stereocenters. The van der Waals surface area contributed by atoms with Gasteiger partial charge in [0.05, 0.1) is 6.20 Å². The number of aryl methyl sites for hydroxylation is 2. The Bertz CT molecular complexity index is 927. The van der Waals surface area contributed by atoms with Crippen LogP contribution in [0.4, 0.5) is 0 Å². The van der Waals surface area contributed by atoms with Crippen molar-refractivity contribution < 1.29 is 4.79 Å². The zero-order valence-corrected chi connectivity index (χ0v) is 16.6. The predicted octanol–water partition coefficient (Wildman–Crippen LogP) is 3.68. The third-order valence-electron chi connectivity index (χ3n) is 5.82. The van der Waals surface area contributed by atoms with Gasteiger partial charge in [0, 0.05) is 55.4 Å². The number of carbonyl (C=O) groups excluding carboxylic acids is 1. The Balaban J connectivity index is 1.48. The molecule has 3 heterocycles. The van der Waals surface area contributed by atoms with Crippen molar-refractivity contribution in [2.24, 2.45) is 7.05 Å². The minimum atomic E-state index is 0.139. The lowest BCUT2D eigenvalue weighted by atomic mass is 9.97. The van der Waals surface area contributed by atoms with Crippen LogP contribution in [0.2, 0.25) is 0 Å². The van der Waals surface area contributed by atoms with Crippen molar-refractivity contribution in [3.05, 3.63) is 60.2 Å². The zero-order chi connectivity index (χ0) is 19.5. The molecule has 6 heteroatoms. The van der Waals surface area contributed by atoms with Crippen LogP contribution in [0.1, 0.15) is 41.7 Å². The number of hydrogen-bond donors (Lipinski definition) is 0. The monoisotopic (exact) mass is 377 g/mol. The van der Waals surface area contributed by atoms with Crippen LogP contribution in [0.15, 0.2) is 48.9 Å². The molecule has 2 aromatic heterocycles. The number of amides is 1. The normalized spacial score (nSPS) is 17.1. The van der Waals surface area contributed by atoms with Crippen molar-refractivity contribution in [2.45, 2.75) is 45.2 Å². The van der Waals surface area contributed by atoms with Gasteiger partial charge in [0.2, 0.25) is 0 Å². The Morgan fingerprint density at radius 1 is 1.18 bits per heavy atom. The van der Waals surface area contributed by atoms with E-state index in [9.17, 15) is 4.79 Å². The summed E-state index contributed by atoms with van der Waals surface area (Å²) < 4.78 is 3.81. The first-order valence-electron chi connectivity index (χ1n) is 10.0. The molecule has 0 saturated carbocycles. The van der Waals surface area contributed by atoms with E-state index in [1.807, 2.05) is 59.1 Å². The van der Waals surface area contributed by atoms with Gasteiger partial charge in [-0.05, 0) is 56.4 Å². The first kappa shape index (κ1) is 18.5. The highest BCUT2D eigenvalue weighted by molar-refractivity contribution is 5.95. The Hall–Kier alpha value is -2.89. The fourth-order valence-electron chi connectivity index (χ4n) is 4.02. The molecular formula is C22H27N5O. The van der Waals surface area contributed by atoms with Gasteiger partial charge < -0.3 is 4.90 Å². The molecule has 3 aromatic rings. The molecule has 0 spiro atoms. The summed E-state index contributed by atoms with van der Waals surface area (Å²) in [6.45, 7) is 3.74. The molecule has 146 valence electrons. The van der Waals surface area contributed by atoms with Gasteiger partial charge >= 0.3 is 0 Å². The van der Waals surface area contributed by atoms with E-state index < -0.39 is 0 Å². The lowest BCUT2D eigenvalue weighted by molar-refractivity contribution is 0.0594. The number of hydrogen-bond acceptors (Lipinski definition) is 3. The van der Waals surface area contributed by atoms with Gasteiger partial charge in [-0.3, -0.25) is 14.2 Å². The SMILES string of the molecule is Cc1c(-c2ccc(C(=O)N3CCCC[C@@H]3CCn3cccn3)cc2)cnn1C. The molecule has 1 aromatic carbocycles. The molecule has 0 N–H and O–H groups in total. The Morgan fingerprint density at radius 3 is 2.68 bits per heavy atom. The average Bonchev–Trinajstić information content (AvgIpc) is 3.37. The highest BCUT2D eigenvalue weighted by Crippen LogP contribution is 2.26. The fraction of sp³-hybridized carbons (Fsp3) is 0.409. The topological polar surface area (TPSA) is 56.0 Å². The summed E-state index contributed by atoms with van der Waals surface area (Å²) >= 11 is 0. The third kappa shape index (κ3) is 3.72. The number of piperidine rings is 1. The van der Waals surface area contributed by atoms with Crippen LogP contribution in [0.5, 0.6) is 0 Å². The van der Waals surface area contributed by atoms with E-state index in [2.05, 4.69) is 22.0 Å². The molecule has 1 aliphatic rings. The lowest BCUT2D eigenvalue weighted by Gasteiger charge is -2.36. The second-order valence-electron chi connectivity index (χ2n) is 7.55. The molecule has 6 nitrogen and oxygen atoms in total. The van der Waals surface area contributed by atoms with E-state index in [0.717, 1.165) is 54.7 Å². The van der Waals surface area contributed by atoms with Gasteiger partial charge in [-0.25, -0.2) is 0 Å². The van der Waals surface area contributed by atoms with Crippen LogP contribution < -0.4 is 0 Å². The predicted molar refractivity (Wildman–Crippen MR) is 109 cm³/mol. The van der Waals surface area contributed by atoms with Crippen LogP contribution in [0, 0.1) is 6.92 Å². The van der Waals surface area contributed by atoms with Crippen molar-refractivity contribution in [2.75, 3.05) is 6.54 Å². The van der Waals surface area contributed by atoms with Crippen molar-refractivity contribution >= 4 is 5.91 Å². The second-order valence-corrected chi connectivity index (χ2v) is 7.55. The number of rotatable bonds is 5. The van der Waals surface area contributed by atoms with Gasteiger partial charge in [-0.2, -0.15) is 10.2 Å². The molecule has 0 unspecified atom stereocenters. The Kier molecular flexibility index (Phi) is 5.28. The summed E-state index contributed by atoms with van der Waals surface area (Å²) in [5.74, 6) is 0.139. The highest BCUT2D eigenvalue weighted by atomic mass is 16.2. The fourth-order valence-corrected chi connectivity index (χ4v) is 4.02. The van der Waals surface area contributed by atoms with Gasteiger partial charge in [0.15, 0.2) is 0 Å². The maximum Gasteiger partial charge on any atom is 0.254 e. The second kappa shape index (κ2) is 8.00. The van der Waals surface area contributed by atoms with Crippen molar-refractivity contribution in [3.8, 4) is 11.1 Å². The van der Waals surface area contributed by atoms with Crippen molar-refractivity contribution in [1.29, 1.82) is 0 Å². The van der Waals surface area contributed by atoms with E-state index in [4.69, 9.17) is 0 Å². The third-order valence-corrected chi connectivity index (χ3v) is 5.82. The van der Waals surface area contributed by atoms with E-state index >= 15 is 0 Å². The molecule has 1 saturated heterocycles. The average molecular weight is 377 g/mol. The highest BCUT2D eigenvalue weighted by Gasteiger charge is 2.27.